The topological polar surface area (TPSA) is 93.5 Å². The van der Waals surface area contributed by atoms with Crippen molar-refractivity contribution in [1.29, 1.82) is 0 Å². The lowest BCUT2D eigenvalue weighted by Gasteiger charge is -2.00. The predicted octanol–water partition coefficient (Wildman–Crippen LogP) is -0.00788. The van der Waals surface area contributed by atoms with E-state index in [1.54, 1.807) is 10.7 Å². The van der Waals surface area contributed by atoms with Crippen LogP contribution in [0.15, 0.2) is 18.3 Å². The Balaban J connectivity index is 2.33. The number of carbonyl (C=O) groups is 1. The predicted molar refractivity (Wildman–Crippen MR) is 57.0 cm³/mol. The molecule has 0 aromatic carbocycles. The van der Waals surface area contributed by atoms with Gasteiger partial charge in [0.1, 0.15) is 6.04 Å². The zero-order valence-electron chi connectivity index (χ0n) is 8.79. The normalized spacial score (nSPS) is 12.9. The molecular formula is C10H12N4O2. The van der Waals surface area contributed by atoms with E-state index in [0.717, 1.165) is 11.2 Å². The van der Waals surface area contributed by atoms with Gasteiger partial charge in [-0.2, -0.15) is 5.10 Å². The Morgan fingerprint density at radius 2 is 2.44 bits per heavy atom. The van der Waals surface area contributed by atoms with Gasteiger partial charge in [0.25, 0.3) is 0 Å². The minimum absolute atomic E-state index is 0.135. The highest BCUT2D eigenvalue weighted by molar-refractivity contribution is 5.73. The lowest BCUT2D eigenvalue weighted by Crippen LogP contribution is -2.32. The van der Waals surface area contributed by atoms with Crippen molar-refractivity contribution >= 4 is 11.6 Å². The Morgan fingerprint density at radius 3 is 3.06 bits per heavy atom. The van der Waals surface area contributed by atoms with Crippen molar-refractivity contribution in [2.45, 2.75) is 19.4 Å². The number of aryl methyl sites for hydroxylation is 1. The molecular weight excluding hydrogens is 208 g/mol. The second-order valence-corrected chi connectivity index (χ2v) is 3.64. The maximum atomic E-state index is 10.6. The molecule has 0 spiro atoms. The van der Waals surface area contributed by atoms with Gasteiger partial charge < -0.3 is 10.8 Å². The number of nitrogens with zero attached hydrogens (tertiary/aromatic N) is 3. The molecule has 0 aliphatic carbocycles. The fraction of sp³-hybridized carbons (Fsp3) is 0.300. The van der Waals surface area contributed by atoms with Crippen LogP contribution in [0, 0.1) is 6.92 Å². The van der Waals surface area contributed by atoms with Crippen molar-refractivity contribution in [3.05, 3.63) is 29.7 Å². The Morgan fingerprint density at radius 1 is 1.69 bits per heavy atom. The van der Waals surface area contributed by atoms with E-state index in [9.17, 15) is 4.79 Å². The molecule has 2 rings (SSSR count). The number of pyridine rings is 1. The molecule has 0 fully saturated rings. The fourth-order valence-corrected chi connectivity index (χ4v) is 1.45. The van der Waals surface area contributed by atoms with Gasteiger partial charge in [0.2, 0.25) is 0 Å². The first-order valence-electron chi connectivity index (χ1n) is 4.87. The van der Waals surface area contributed by atoms with Crippen molar-refractivity contribution in [2.75, 3.05) is 0 Å². The monoisotopic (exact) mass is 220 g/mol. The molecule has 6 heteroatoms. The van der Waals surface area contributed by atoms with Crippen molar-refractivity contribution in [3.63, 3.8) is 0 Å². The van der Waals surface area contributed by atoms with Crippen molar-refractivity contribution in [2.24, 2.45) is 5.73 Å². The van der Waals surface area contributed by atoms with Gasteiger partial charge in [0, 0.05) is 12.6 Å². The van der Waals surface area contributed by atoms with Gasteiger partial charge in [-0.3, -0.25) is 4.79 Å². The van der Waals surface area contributed by atoms with Gasteiger partial charge in [-0.25, -0.2) is 9.50 Å². The van der Waals surface area contributed by atoms with E-state index in [-0.39, 0.29) is 6.42 Å². The van der Waals surface area contributed by atoms with Crippen LogP contribution >= 0.6 is 0 Å². The van der Waals surface area contributed by atoms with Crippen molar-refractivity contribution < 1.29 is 9.90 Å². The van der Waals surface area contributed by atoms with E-state index in [1.165, 1.54) is 0 Å². The highest BCUT2D eigenvalue weighted by Crippen LogP contribution is 2.07. The van der Waals surface area contributed by atoms with E-state index in [0.29, 0.717) is 5.82 Å². The molecule has 6 nitrogen and oxygen atoms in total. The third-order valence-corrected chi connectivity index (χ3v) is 2.32. The molecule has 0 saturated heterocycles. The van der Waals surface area contributed by atoms with Crippen molar-refractivity contribution in [3.8, 4) is 0 Å². The summed E-state index contributed by atoms with van der Waals surface area (Å²) in [6.07, 6.45) is 1.90. The smallest absolute Gasteiger partial charge is 0.320 e. The Bertz CT molecular complexity index is 535. The van der Waals surface area contributed by atoms with Crippen LogP contribution in [0.1, 0.15) is 11.4 Å². The number of rotatable bonds is 3. The number of aromatic nitrogens is 3. The number of aliphatic carboxylic acids is 1. The number of carboxylic acids is 1. The maximum Gasteiger partial charge on any atom is 0.320 e. The molecule has 2 heterocycles. The van der Waals surface area contributed by atoms with E-state index >= 15 is 0 Å². The second kappa shape index (κ2) is 3.90. The largest absolute Gasteiger partial charge is 0.480 e. The summed E-state index contributed by atoms with van der Waals surface area (Å²) in [7, 11) is 0. The SMILES string of the molecule is Cc1cccn2nc(CC(N)C(=O)O)nc12. The summed E-state index contributed by atoms with van der Waals surface area (Å²) in [5.41, 5.74) is 7.14. The van der Waals surface area contributed by atoms with Crippen LogP contribution in [0.4, 0.5) is 0 Å². The molecule has 0 amide bonds. The zero-order chi connectivity index (χ0) is 11.7. The number of fused-ring (bicyclic) bond motifs is 1. The number of nitrogens with two attached hydrogens (primary N) is 1. The molecule has 0 radical (unpaired) electrons. The molecule has 2 aromatic heterocycles. The minimum atomic E-state index is -1.05. The summed E-state index contributed by atoms with van der Waals surface area (Å²) >= 11 is 0. The second-order valence-electron chi connectivity index (χ2n) is 3.64. The van der Waals surface area contributed by atoms with Gasteiger partial charge in [0.15, 0.2) is 11.5 Å². The minimum Gasteiger partial charge on any atom is -0.480 e. The Hall–Kier alpha value is -1.95. The molecule has 0 aliphatic rings. The molecule has 0 aliphatic heterocycles. The zero-order valence-corrected chi connectivity index (χ0v) is 8.79. The molecule has 84 valence electrons. The van der Waals surface area contributed by atoms with Crippen molar-refractivity contribution in [1.82, 2.24) is 14.6 Å². The molecule has 0 bridgehead atoms. The van der Waals surface area contributed by atoms with Crippen LogP contribution in [0.2, 0.25) is 0 Å². The van der Waals surface area contributed by atoms with E-state index < -0.39 is 12.0 Å². The highest BCUT2D eigenvalue weighted by Gasteiger charge is 2.15. The van der Waals surface area contributed by atoms with Gasteiger partial charge in [0.05, 0.1) is 0 Å². The van der Waals surface area contributed by atoms with E-state index in [4.69, 9.17) is 10.8 Å². The van der Waals surface area contributed by atoms with Crippen LogP contribution in [0.25, 0.3) is 5.65 Å². The van der Waals surface area contributed by atoms with E-state index in [1.807, 2.05) is 19.1 Å². The van der Waals surface area contributed by atoms with Crippen LogP contribution in [-0.4, -0.2) is 31.7 Å². The average Bonchev–Trinajstić information content (AvgIpc) is 2.61. The molecule has 2 aromatic rings. The first kappa shape index (κ1) is 10.6. The van der Waals surface area contributed by atoms with Crippen LogP contribution < -0.4 is 5.73 Å². The summed E-state index contributed by atoms with van der Waals surface area (Å²) in [5, 5.41) is 12.8. The van der Waals surface area contributed by atoms with Gasteiger partial charge >= 0.3 is 5.97 Å². The summed E-state index contributed by atoms with van der Waals surface area (Å²) in [6, 6.07) is 2.82. The molecule has 0 saturated carbocycles. The fourth-order valence-electron chi connectivity index (χ4n) is 1.45. The van der Waals surface area contributed by atoms with Crippen LogP contribution in [0.3, 0.4) is 0 Å². The Labute approximate surface area is 91.7 Å². The number of hydrogen-bond acceptors (Lipinski definition) is 4. The number of carboxylic acid groups (broad SMARTS) is 1. The summed E-state index contributed by atoms with van der Waals surface area (Å²) in [5.74, 6) is -0.597. The summed E-state index contributed by atoms with van der Waals surface area (Å²) in [4.78, 5) is 14.8. The molecule has 1 unspecified atom stereocenters. The third kappa shape index (κ3) is 1.87. The maximum absolute atomic E-state index is 10.6. The van der Waals surface area contributed by atoms with Crippen LogP contribution in [0.5, 0.6) is 0 Å². The standard InChI is InChI=1S/C10H12N4O2/c1-6-3-2-4-14-9(6)12-8(13-14)5-7(11)10(15)16/h2-4,7H,5,11H2,1H3,(H,15,16). The summed E-state index contributed by atoms with van der Waals surface area (Å²) < 4.78 is 1.62. The van der Waals surface area contributed by atoms with Gasteiger partial charge in [-0.05, 0) is 18.6 Å². The molecule has 16 heavy (non-hydrogen) atoms. The van der Waals surface area contributed by atoms with Gasteiger partial charge in [-0.15, -0.1) is 0 Å². The average molecular weight is 220 g/mol. The highest BCUT2D eigenvalue weighted by atomic mass is 16.4. The molecule has 1 atom stereocenters. The molecule has 3 N–H and O–H groups in total. The van der Waals surface area contributed by atoms with Crippen LogP contribution in [-0.2, 0) is 11.2 Å². The van der Waals surface area contributed by atoms with Gasteiger partial charge in [-0.1, -0.05) is 6.07 Å². The first-order chi connectivity index (χ1) is 7.58. The lowest BCUT2D eigenvalue weighted by molar-refractivity contribution is -0.138. The Kier molecular flexibility index (Phi) is 2.57. The quantitative estimate of drug-likeness (QED) is 0.758. The summed E-state index contributed by atoms with van der Waals surface area (Å²) in [6.45, 7) is 1.92. The lowest BCUT2D eigenvalue weighted by atomic mass is 10.2. The third-order valence-electron chi connectivity index (χ3n) is 2.32. The first-order valence-corrected chi connectivity index (χ1v) is 4.87. The van der Waals surface area contributed by atoms with E-state index in [2.05, 4.69) is 10.1 Å². The number of hydrogen-bond donors (Lipinski definition) is 2.